The number of nitrogens with two attached hydrogens (primary N) is 1. The van der Waals surface area contributed by atoms with Crippen LogP contribution >= 0.6 is 0 Å². The number of hydrogen-bond acceptors (Lipinski definition) is 3. The van der Waals surface area contributed by atoms with Crippen LogP contribution in [0.15, 0.2) is 24.5 Å². The topological polar surface area (TPSA) is 56.7 Å². The highest BCUT2D eigenvalue weighted by molar-refractivity contribution is 5.27. The maximum absolute atomic E-state index is 6.47. The summed E-state index contributed by atoms with van der Waals surface area (Å²) in [5.74, 6) is 1.09. The number of imidazole rings is 1. The first-order valence-corrected chi connectivity index (χ1v) is 7.94. The molecule has 2 aromatic rings. The summed E-state index contributed by atoms with van der Waals surface area (Å²) in [6, 6.07) is 4.41. The van der Waals surface area contributed by atoms with Gasteiger partial charge in [0.1, 0.15) is 5.82 Å². The zero-order valence-electron chi connectivity index (χ0n) is 12.9. The number of aromatic nitrogens is 3. The van der Waals surface area contributed by atoms with E-state index in [1.807, 2.05) is 12.4 Å². The fourth-order valence-corrected chi connectivity index (χ4v) is 3.44. The third-order valence-electron chi connectivity index (χ3n) is 4.55. The van der Waals surface area contributed by atoms with Crippen LogP contribution in [0, 0.1) is 6.92 Å². The molecule has 21 heavy (non-hydrogen) atoms. The van der Waals surface area contributed by atoms with Crippen molar-refractivity contribution in [1.29, 1.82) is 0 Å². The molecule has 0 aromatic carbocycles. The Balaban J connectivity index is 2.11. The number of nitrogens with zero attached hydrogens (tertiary/aromatic N) is 3. The van der Waals surface area contributed by atoms with E-state index in [2.05, 4.69) is 35.5 Å². The van der Waals surface area contributed by atoms with Gasteiger partial charge in [0.15, 0.2) is 0 Å². The van der Waals surface area contributed by atoms with E-state index >= 15 is 0 Å². The summed E-state index contributed by atoms with van der Waals surface area (Å²) >= 11 is 0. The summed E-state index contributed by atoms with van der Waals surface area (Å²) in [5, 5.41) is 0. The van der Waals surface area contributed by atoms with E-state index < -0.39 is 0 Å². The molecule has 0 bridgehead atoms. The van der Waals surface area contributed by atoms with Gasteiger partial charge < -0.3 is 10.3 Å². The molecule has 2 aromatic heterocycles. The van der Waals surface area contributed by atoms with E-state index in [4.69, 9.17) is 10.7 Å². The van der Waals surface area contributed by atoms with Crippen molar-refractivity contribution in [2.75, 3.05) is 0 Å². The van der Waals surface area contributed by atoms with E-state index in [1.54, 1.807) is 0 Å². The molecule has 0 radical (unpaired) electrons. The number of pyridine rings is 1. The highest BCUT2D eigenvalue weighted by Crippen LogP contribution is 2.30. The third kappa shape index (κ3) is 2.60. The van der Waals surface area contributed by atoms with Crippen molar-refractivity contribution in [2.45, 2.75) is 58.0 Å². The Morgan fingerprint density at radius 2 is 1.95 bits per heavy atom. The summed E-state index contributed by atoms with van der Waals surface area (Å²) < 4.78 is 2.39. The summed E-state index contributed by atoms with van der Waals surface area (Å²) in [6.45, 7) is 4.26. The second-order valence-electron chi connectivity index (χ2n) is 5.93. The van der Waals surface area contributed by atoms with Crippen molar-refractivity contribution >= 4 is 0 Å². The zero-order chi connectivity index (χ0) is 14.8. The van der Waals surface area contributed by atoms with E-state index in [0.717, 1.165) is 25.1 Å². The first-order valence-electron chi connectivity index (χ1n) is 7.94. The molecule has 2 unspecified atom stereocenters. The number of fused-ring (bicyclic) bond motifs is 1. The van der Waals surface area contributed by atoms with Crippen molar-refractivity contribution < 1.29 is 0 Å². The van der Waals surface area contributed by atoms with Gasteiger partial charge in [-0.25, -0.2) is 4.98 Å². The molecule has 4 nitrogen and oxygen atoms in total. The molecular weight excluding hydrogens is 260 g/mol. The van der Waals surface area contributed by atoms with Crippen molar-refractivity contribution in [1.82, 2.24) is 14.5 Å². The quantitative estimate of drug-likeness (QED) is 0.939. The van der Waals surface area contributed by atoms with E-state index in [-0.39, 0.29) is 12.1 Å². The van der Waals surface area contributed by atoms with Crippen molar-refractivity contribution in [3.05, 3.63) is 47.3 Å². The number of aryl methyl sites for hydroxylation is 2. The minimum absolute atomic E-state index is 0.0892. The van der Waals surface area contributed by atoms with Gasteiger partial charge in [0, 0.05) is 24.1 Å². The summed E-state index contributed by atoms with van der Waals surface area (Å²) in [4.78, 5) is 8.94. The summed E-state index contributed by atoms with van der Waals surface area (Å²) in [5.41, 5.74) is 10.4. The highest BCUT2D eigenvalue weighted by Gasteiger charge is 2.27. The second-order valence-corrected chi connectivity index (χ2v) is 5.93. The lowest BCUT2D eigenvalue weighted by atomic mass is 9.96. The fraction of sp³-hybridized carbons (Fsp3) is 0.529. The van der Waals surface area contributed by atoms with Gasteiger partial charge in [0.05, 0.1) is 11.7 Å². The van der Waals surface area contributed by atoms with Gasteiger partial charge in [0.25, 0.3) is 0 Å². The van der Waals surface area contributed by atoms with Gasteiger partial charge in [-0.3, -0.25) is 4.98 Å². The van der Waals surface area contributed by atoms with Gasteiger partial charge in [-0.1, -0.05) is 6.92 Å². The summed E-state index contributed by atoms with van der Waals surface area (Å²) in [6.07, 6.45) is 9.37. The minimum atomic E-state index is 0.0892. The maximum atomic E-state index is 6.47. The van der Waals surface area contributed by atoms with Crippen molar-refractivity contribution in [3.63, 3.8) is 0 Å². The maximum Gasteiger partial charge on any atom is 0.106 e. The molecule has 0 saturated carbocycles. The molecule has 0 aliphatic heterocycles. The molecule has 2 atom stereocenters. The summed E-state index contributed by atoms with van der Waals surface area (Å²) in [7, 11) is 0. The molecule has 0 amide bonds. The van der Waals surface area contributed by atoms with Crippen LogP contribution in [0.2, 0.25) is 0 Å². The minimum Gasteiger partial charge on any atom is -0.326 e. The van der Waals surface area contributed by atoms with Gasteiger partial charge in [-0.2, -0.15) is 0 Å². The van der Waals surface area contributed by atoms with E-state index in [1.165, 1.54) is 29.8 Å². The molecule has 112 valence electrons. The van der Waals surface area contributed by atoms with Crippen LogP contribution in [0.25, 0.3) is 0 Å². The molecule has 2 N–H and O–H groups in total. The van der Waals surface area contributed by atoms with Gasteiger partial charge in [0.2, 0.25) is 0 Å². The lowest BCUT2D eigenvalue weighted by molar-refractivity contribution is 0.435. The molecule has 3 rings (SSSR count). The largest absolute Gasteiger partial charge is 0.326 e. The van der Waals surface area contributed by atoms with E-state index in [0.29, 0.717) is 0 Å². The predicted molar refractivity (Wildman–Crippen MR) is 84.2 cm³/mol. The molecule has 0 fully saturated rings. The molecule has 2 heterocycles. The first-order chi connectivity index (χ1) is 10.2. The Kier molecular flexibility index (Phi) is 4.06. The van der Waals surface area contributed by atoms with Gasteiger partial charge >= 0.3 is 0 Å². The van der Waals surface area contributed by atoms with Crippen molar-refractivity contribution in [2.24, 2.45) is 5.73 Å². The molecule has 0 spiro atoms. The van der Waals surface area contributed by atoms with Crippen molar-refractivity contribution in [3.8, 4) is 0 Å². The van der Waals surface area contributed by atoms with Crippen LogP contribution in [0.4, 0.5) is 0 Å². The lowest BCUT2D eigenvalue weighted by Crippen LogP contribution is -2.34. The average molecular weight is 284 g/mol. The van der Waals surface area contributed by atoms with Crippen LogP contribution < -0.4 is 5.73 Å². The standard InChI is InChI=1S/C17H24N4/c1-3-14(18)17(13-8-10-19-11-9-13)21-12(2)20-15-6-4-5-7-16(15)21/h8-11,14,17H,3-7,18H2,1-2H3. The Bertz CT molecular complexity index is 603. The van der Waals surface area contributed by atoms with Crippen LogP contribution in [0.3, 0.4) is 0 Å². The number of rotatable bonds is 4. The molecule has 1 aliphatic carbocycles. The van der Waals surface area contributed by atoms with Crippen LogP contribution in [0.1, 0.15) is 55.0 Å². The molecular formula is C17H24N4. The predicted octanol–water partition coefficient (Wildman–Crippen LogP) is 2.79. The van der Waals surface area contributed by atoms with Gasteiger partial charge in [-0.05, 0) is 56.7 Å². The third-order valence-corrected chi connectivity index (χ3v) is 4.55. The molecule has 4 heteroatoms. The first kappa shape index (κ1) is 14.3. The monoisotopic (exact) mass is 284 g/mol. The van der Waals surface area contributed by atoms with Crippen LogP contribution in [-0.4, -0.2) is 20.6 Å². The Hall–Kier alpha value is -1.68. The van der Waals surface area contributed by atoms with Crippen LogP contribution in [-0.2, 0) is 12.8 Å². The molecule has 1 aliphatic rings. The zero-order valence-corrected chi connectivity index (χ0v) is 12.9. The smallest absolute Gasteiger partial charge is 0.106 e. The van der Waals surface area contributed by atoms with Gasteiger partial charge in [-0.15, -0.1) is 0 Å². The normalized spacial score (nSPS) is 17.3. The SMILES string of the molecule is CCC(N)C(c1ccncc1)n1c(C)nc2c1CCCC2. The van der Waals surface area contributed by atoms with E-state index in [9.17, 15) is 0 Å². The highest BCUT2D eigenvalue weighted by atomic mass is 15.1. The Labute approximate surface area is 126 Å². The molecule has 0 saturated heterocycles. The number of hydrogen-bond donors (Lipinski definition) is 1. The Morgan fingerprint density at radius 3 is 2.67 bits per heavy atom. The lowest BCUT2D eigenvalue weighted by Gasteiger charge is -2.29. The average Bonchev–Trinajstić information content (AvgIpc) is 2.85. The Morgan fingerprint density at radius 1 is 1.24 bits per heavy atom. The second kappa shape index (κ2) is 5.98. The fourth-order valence-electron chi connectivity index (χ4n) is 3.44. The van der Waals surface area contributed by atoms with Crippen LogP contribution in [0.5, 0.6) is 0 Å².